The molecule has 3 nitrogen and oxygen atoms in total. The maximum atomic E-state index is 13.2. The lowest BCUT2D eigenvalue weighted by Gasteiger charge is -2.31. The number of rotatable bonds is 3. The molecule has 0 radical (unpaired) electrons. The summed E-state index contributed by atoms with van der Waals surface area (Å²) in [6, 6.07) is 4.69. The van der Waals surface area contributed by atoms with E-state index in [2.05, 4.69) is 5.32 Å². The Labute approximate surface area is 101 Å². The molecule has 17 heavy (non-hydrogen) atoms. The molecule has 0 amide bonds. The second kappa shape index (κ2) is 5.36. The van der Waals surface area contributed by atoms with Gasteiger partial charge in [-0.15, -0.1) is 0 Å². The van der Waals surface area contributed by atoms with Gasteiger partial charge in [0.15, 0.2) is 0 Å². The zero-order chi connectivity index (χ0) is 12.3. The molecule has 0 aromatic heterocycles. The first-order valence-electron chi connectivity index (χ1n) is 6.12. The van der Waals surface area contributed by atoms with E-state index in [0.29, 0.717) is 11.4 Å². The van der Waals surface area contributed by atoms with E-state index in [1.807, 2.05) is 0 Å². The summed E-state index contributed by atoms with van der Waals surface area (Å²) in [6.45, 7) is 0.183. The predicted octanol–water partition coefficient (Wildman–Crippen LogP) is 2.37. The van der Waals surface area contributed by atoms with Gasteiger partial charge in [0.05, 0.1) is 0 Å². The Balaban J connectivity index is 2.08. The van der Waals surface area contributed by atoms with Crippen LogP contribution >= 0.6 is 0 Å². The maximum absolute atomic E-state index is 13.2. The number of nitrogen functional groups attached to an aromatic ring is 1. The van der Waals surface area contributed by atoms with E-state index in [1.165, 1.54) is 12.1 Å². The standard InChI is InChI=1S/C13H19FN2O/c14-10-5-11(15)7-12(6-10)16-13-4-2-1-3-9(13)8-17/h5-7,9,13,16-17H,1-4,8,15H2. The Bertz CT molecular complexity index is 363. The van der Waals surface area contributed by atoms with Crippen molar-refractivity contribution in [3.8, 4) is 0 Å². The van der Waals surface area contributed by atoms with E-state index in [4.69, 9.17) is 5.73 Å². The van der Waals surface area contributed by atoms with Gasteiger partial charge in [-0.2, -0.15) is 0 Å². The quantitative estimate of drug-likeness (QED) is 0.708. The lowest BCUT2D eigenvalue weighted by Crippen LogP contribution is -2.34. The first kappa shape index (κ1) is 12.2. The van der Waals surface area contributed by atoms with Crippen molar-refractivity contribution in [2.24, 2.45) is 5.92 Å². The highest BCUT2D eigenvalue weighted by atomic mass is 19.1. The molecular weight excluding hydrogens is 219 g/mol. The van der Waals surface area contributed by atoms with Crippen molar-refractivity contribution in [1.29, 1.82) is 0 Å². The van der Waals surface area contributed by atoms with E-state index in [0.717, 1.165) is 25.7 Å². The van der Waals surface area contributed by atoms with Crippen LogP contribution in [0.5, 0.6) is 0 Å². The van der Waals surface area contributed by atoms with Gasteiger partial charge in [-0.25, -0.2) is 4.39 Å². The van der Waals surface area contributed by atoms with Gasteiger partial charge in [-0.05, 0) is 31.0 Å². The molecule has 0 heterocycles. The first-order valence-corrected chi connectivity index (χ1v) is 6.12. The summed E-state index contributed by atoms with van der Waals surface area (Å²) in [4.78, 5) is 0. The summed E-state index contributed by atoms with van der Waals surface area (Å²) >= 11 is 0. The molecule has 2 unspecified atom stereocenters. The highest BCUT2D eigenvalue weighted by Crippen LogP contribution is 2.27. The topological polar surface area (TPSA) is 58.3 Å². The number of halogens is 1. The molecule has 4 N–H and O–H groups in total. The molecule has 2 rings (SSSR count). The molecule has 1 aliphatic rings. The number of hydrogen-bond acceptors (Lipinski definition) is 3. The van der Waals surface area contributed by atoms with Crippen LogP contribution < -0.4 is 11.1 Å². The van der Waals surface area contributed by atoms with Crippen LogP contribution in [-0.4, -0.2) is 17.8 Å². The van der Waals surface area contributed by atoms with Crippen LogP contribution in [0.25, 0.3) is 0 Å². The molecule has 0 saturated heterocycles. The van der Waals surface area contributed by atoms with E-state index >= 15 is 0 Å². The van der Waals surface area contributed by atoms with Gasteiger partial charge in [-0.1, -0.05) is 12.8 Å². The van der Waals surface area contributed by atoms with Gasteiger partial charge in [0.25, 0.3) is 0 Å². The molecule has 1 aromatic carbocycles. The molecule has 0 bridgehead atoms. The van der Waals surface area contributed by atoms with Gasteiger partial charge in [-0.3, -0.25) is 0 Å². The van der Waals surface area contributed by atoms with E-state index in [9.17, 15) is 9.50 Å². The van der Waals surface area contributed by atoms with Gasteiger partial charge in [0, 0.05) is 29.9 Å². The number of hydrogen-bond donors (Lipinski definition) is 3. The third kappa shape index (κ3) is 3.09. The smallest absolute Gasteiger partial charge is 0.127 e. The molecule has 1 aliphatic carbocycles. The average Bonchev–Trinajstić information content (AvgIpc) is 2.28. The van der Waals surface area contributed by atoms with Crippen LogP contribution in [-0.2, 0) is 0 Å². The normalized spacial score (nSPS) is 24.6. The first-order chi connectivity index (χ1) is 8.19. The lowest BCUT2D eigenvalue weighted by molar-refractivity contribution is 0.178. The summed E-state index contributed by atoms with van der Waals surface area (Å²) in [5.41, 5.74) is 6.72. The Morgan fingerprint density at radius 2 is 2.06 bits per heavy atom. The third-order valence-corrected chi connectivity index (χ3v) is 3.42. The van der Waals surface area contributed by atoms with E-state index in [-0.39, 0.29) is 24.4 Å². The zero-order valence-corrected chi connectivity index (χ0v) is 9.82. The van der Waals surface area contributed by atoms with Crippen molar-refractivity contribution in [3.05, 3.63) is 24.0 Å². The number of benzene rings is 1. The fourth-order valence-electron chi connectivity index (χ4n) is 2.53. The van der Waals surface area contributed by atoms with Gasteiger partial charge >= 0.3 is 0 Å². The highest BCUT2D eigenvalue weighted by Gasteiger charge is 2.24. The van der Waals surface area contributed by atoms with Crippen molar-refractivity contribution in [2.75, 3.05) is 17.7 Å². The maximum Gasteiger partial charge on any atom is 0.127 e. The lowest BCUT2D eigenvalue weighted by atomic mass is 9.85. The molecule has 4 heteroatoms. The van der Waals surface area contributed by atoms with Crippen LogP contribution in [0.2, 0.25) is 0 Å². The number of nitrogens with two attached hydrogens (primary N) is 1. The molecule has 0 aliphatic heterocycles. The minimum Gasteiger partial charge on any atom is -0.399 e. The average molecular weight is 238 g/mol. The van der Waals surface area contributed by atoms with Crippen molar-refractivity contribution >= 4 is 11.4 Å². The highest BCUT2D eigenvalue weighted by molar-refractivity contribution is 5.55. The number of aliphatic hydroxyl groups excluding tert-OH is 1. The monoisotopic (exact) mass is 238 g/mol. The molecule has 94 valence electrons. The Morgan fingerprint density at radius 3 is 2.76 bits per heavy atom. The summed E-state index contributed by atoms with van der Waals surface area (Å²) in [5, 5.41) is 12.6. The van der Waals surface area contributed by atoms with Gasteiger partial charge < -0.3 is 16.2 Å². The van der Waals surface area contributed by atoms with E-state index < -0.39 is 0 Å². The molecule has 0 spiro atoms. The minimum atomic E-state index is -0.330. The molecular formula is C13H19FN2O. The van der Waals surface area contributed by atoms with Crippen LogP contribution in [0.3, 0.4) is 0 Å². The molecule has 1 saturated carbocycles. The predicted molar refractivity (Wildman–Crippen MR) is 67.3 cm³/mol. The Hall–Kier alpha value is -1.29. The fraction of sp³-hybridized carbons (Fsp3) is 0.538. The zero-order valence-electron chi connectivity index (χ0n) is 9.82. The molecule has 2 atom stereocenters. The van der Waals surface area contributed by atoms with Crippen LogP contribution in [0.1, 0.15) is 25.7 Å². The Morgan fingerprint density at radius 1 is 1.29 bits per heavy atom. The molecule has 1 aromatic rings. The summed E-state index contributed by atoms with van der Waals surface area (Å²) in [6.07, 6.45) is 4.36. The molecule has 1 fully saturated rings. The Kier molecular flexibility index (Phi) is 3.84. The number of aliphatic hydroxyl groups is 1. The second-order valence-corrected chi connectivity index (χ2v) is 4.75. The SMILES string of the molecule is Nc1cc(F)cc(NC2CCCCC2CO)c1. The third-order valence-electron chi connectivity index (χ3n) is 3.42. The van der Waals surface area contributed by atoms with Crippen LogP contribution in [0.15, 0.2) is 18.2 Å². The second-order valence-electron chi connectivity index (χ2n) is 4.75. The van der Waals surface area contributed by atoms with Crippen molar-refractivity contribution in [1.82, 2.24) is 0 Å². The van der Waals surface area contributed by atoms with Crippen molar-refractivity contribution in [2.45, 2.75) is 31.7 Å². The summed E-state index contributed by atoms with van der Waals surface area (Å²) in [7, 11) is 0. The fourth-order valence-corrected chi connectivity index (χ4v) is 2.53. The summed E-state index contributed by atoms with van der Waals surface area (Å²) < 4.78 is 13.2. The summed E-state index contributed by atoms with van der Waals surface area (Å²) in [5.74, 6) is -0.0721. The minimum absolute atomic E-state index is 0.183. The van der Waals surface area contributed by atoms with E-state index in [1.54, 1.807) is 6.07 Å². The van der Waals surface area contributed by atoms with Crippen molar-refractivity contribution in [3.63, 3.8) is 0 Å². The van der Waals surface area contributed by atoms with Crippen LogP contribution in [0.4, 0.5) is 15.8 Å². The van der Waals surface area contributed by atoms with Crippen LogP contribution in [0, 0.1) is 11.7 Å². The van der Waals surface area contributed by atoms with Gasteiger partial charge in [0.1, 0.15) is 5.82 Å². The number of anilines is 2. The van der Waals surface area contributed by atoms with Crippen molar-refractivity contribution < 1.29 is 9.50 Å². The largest absolute Gasteiger partial charge is 0.399 e. The number of nitrogens with one attached hydrogen (secondary N) is 1. The van der Waals surface area contributed by atoms with Gasteiger partial charge in [0.2, 0.25) is 0 Å².